The molecular weight excluding hydrogens is 145 g/mol. The van der Waals surface area contributed by atoms with E-state index in [9.17, 15) is 0 Å². The predicted octanol–water partition coefficient (Wildman–Crippen LogP) is -2.20. The van der Waals surface area contributed by atoms with E-state index in [1.54, 1.807) is 0 Å². The third kappa shape index (κ3) is 0.864. The van der Waals surface area contributed by atoms with Gasteiger partial charge in [-0.2, -0.15) is 0 Å². The summed E-state index contributed by atoms with van der Waals surface area (Å²) in [7, 11) is 0. The molecule has 4 heteroatoms. The first-order chi connectivity index (χ1) is 2.89. The van der Waals surface area contributed by atoms with Crippen molar-refractivity contribution >= 4 is 19.7 Å². The van der Waals surface area contributed by atoms with Gasteiger partial charge in [-0.1, -0.05) is 0 Å². The summed E-state index contributed by atoms with van der Waals surface area (Å²) in [5, 5.41) is 0. The molecule has 0 fully saturated rings. The van der Waals surface area contributed by atoms with Crippen LogP contribution in [0.4, 0.5) is 0 Å². The van der Waals surface area contributed by atoms with Gasteiger partial charge in [0.1, 0.15) is 0 Å². The third-order valence-electron chi connectivity index (χ3n) is 0.499. The molecule has 1 unspecified atom stereocenters. The molecule has 3 nitrogen and oxygen atoms in total. The first-order valence-corrected chi connectivity index (χ1v) is 3.49. The molecule has 1 atom stereocenters. The van der Waals surface area contributed by atoms with Gasteiger partial charge in [0.15, 0.2) is 0 Å². The monoisotopic (exact) mass is 152 g/mol. The molecule has 1 heterocycles. The summed E-state index contributed by atoms with van der Waals surface area (Å²) in [5.74, 6) is 0. The Kier molecular flexibility index (Phi) is 1.34. The van der Waals surface area contributed by atoms with Crippen LogP contribution in [0, 0.1) is 0 Å². The van der Waals surface area contributed by atoms with Crippen molar-refractivity contribution in [2.75, 3.05) is 0 Å². The minimum atomic E-state index is 0.0880. The fraction of sp³-hybridized carbons (Fsp3) is 0.500. The Morgan fingerprint density at radius 3 is 2.83 bits per heavy atom. The zero-order chi connectivity index (χ0) is 4.41. The number of rotatable bonds is 0. The van der Waals surface area contributed by atoms with Crippen molar-refractivity contribution < 1.29 is 0 Å². The molecule has 0 aromatic rings. The van der Waals surface area contributed by atoms with E-state index in [0.717, 1.165) is 0 Å². The minimum absolute atomic E-state index is 0.0880. The van der Waals surface area contributed by atoms with Crippen LogP contribution in [0.15, 0.2) is 0 Å². The summed E-state index contributed by atoms with van der Waals surface area (Å²) in [5.41, 5.74) is 8.14. The normalized spacial score (nSPS) is 31.8. The number of nitrogens with one attached hydrogen (secondary N) is 2. The van der Waals surface area contributed by atoms with Gasteiger partial charge in [-0.05, 0) is 0 Å². The molecule has 0 saturated carbocycles. The Labute approximate surface area is 42.2 Å². The second-order valence-electron chi connectivity index (χ2n) is 1.03. The fourth-order valence-corrected chi connectivity index (χ4v) is 1.26. The second-order valence-corrected chi connectivity index (χ2v) is 2.52. The van der Waals surface area contributed by atoms with E-state index >= 15 is 0 Å². The summed E-state index contributed by atoms with van der Waals surface area (Å²) >= 11 is 0.430. The first kappa shape index (κ1) is 4.43. The van der Waals surface area contributed by atoms with Crippen LogP contribution < -0.4 is 15.6 Å². The summed E-state index contributed by atoms with van der Waals surface area (Å²) in [6.45, 7) is 0. The van der Waals surface area contributed by atoms with Crippen LogP contribution in [-0.2, 0) is 0 Å². The number of hydrazine groups is 1. The molecule has 0 aliphatic carbocycles. The SMILES string of the molecule is NC1C=[Se]NN1. The number of hydrogen-bond donors (Lipinski definition) is 3. The molecule has 35 valence electrons. The molecule has 4 N–H and O–H groups in total. The Hall–Kier alpha value is 0.269. The molecular formula is C2H6N3Se. The molecule has 6 heavy (non-hydrogen) atoms. The molecule has 1 rings (SSSR count). The van der Waals surface area contributed by atoms with Gasteiger partial charge >= 0.3 is 41.4 Å². The van der Waals surface area contributed by atoms with Gasteiger partial charge in [-0.25, -0.2) is 0 Å². The summed E-state index contributed by atoms with van der Waals surface area (Å²) in [6.07, 6.45) is 0.0880. The van der Waals surface area contributed by atoms with Crippen molar-refractivity contribution in [3.05, 3.63) is 0 Å². The van der Waals surface area contributed by atoms with E-state index in [2.05, 4.69) is 9.87 Å². The zero-order valence-corrected chi connectivity index (χ0v) is 4.85. The summed E-state index contributed by atoms with van der Waals surface area (Å²) < 4.78 is 2.90. The average Bonchev–Trinajstić information content (AvgIpc) is 1.86. The molecule has 1 aliphatic rings. The van der Waals surface area contributed by atoms with Gasteiger partial charge in [0, 0.05) is 0 Å². The molecule has 1 radical (unpaired) electrons. The van der Waals surface area contributed by atoms with Crippen molar-refractivity contribution in [1.29, 1.82) is 0 Å². The van der Waals surface area contributed by atoms with Crippen molar-refractivity contribution in [3.8, 4) is 0 Å². The molecule has 0 aromatic carbocycles. The summed E-state index contributed by atoms with van der Waals surface area (Å²) in [6, 6.07) is 0. The fourth-order valence-electron chi connectivity index (χ4n) is 0.243. The van der Waals surface area contributed by atoms with Gasteiger partial charge in [0.2, 0.25) is 0 Å². The van der Waals surface area contributed by atoms with Gasteiger partial charge in [-0.15, -0.1) is 0 Å². The number of nitrogens with two attached hydrogens (primary N) is 1. The van der Waals surface area contributed by atoms with E-state index in [-0.39, 0.29) is 6.17 Å². The Morgan fingerprint density at radius 2 is 2.67 bits per heavy atom. The standard InChI is InChI=1S/C2H6N3Se/c3-2-1-6-5-4-2/h1-2,4-5H,3H2. The van der Waals surface area contributed by atoms with E-state index in [1.165, 1.54) is 0 Å². The predicted molar refractivity (Wildman–Crippen MR) is 26.1 cm³/mol. The van der Waals surface area contributed by atoms with Crippen LogP contribution in [0.5, 0.6) is 0 Å². The molecule has 0 amide bonds. The molecule has 1 aliphatic heterocycles. The topological polar surface area (TPSA) is 50.1 Å². The van der Waals surface area contributed by atoms with Gasteiger partial charge in [0.05, 0.1) is 0 Å². The van der Waals surface area contributed by atoms with Crippen molar-refractivity contribution in [2.45, 2.75) is 6.17 Å². The second kappa shape index (κ2) is 1.82. The Balaban J connectivity index is 2.38. The molecule has 0 saturated heterocycles. The summed E-state index contributed by atoms with van der Waals surface area (Å²) in [4.78, 5) is 2.02. The van der Waals surface area contributed by atoms with E-state index < -0.39 is 0 Å². The Bertz CT molecular complexity index is 71.2. The van der Waals surface area contributed by atoms with E-state index in [4.69, 9.17) is 5.73 Å². The van der Waals surface area contributed by atoms with E-state index in [0.29, 0.717) is 14.7 Å². The van der Waals surface area contributed by atoms with Crippen molar-refractivity contribution in [1.82, 2.24) is 9.87 Å². The van der Waals surface area contributed by atoms with Crippen LogP contribution in [-0.4, -0.2) is 25.8 Å². The average molecular weight is 151 g/mol. The van der Waals surface area contributed by atoms with Gasteiger partial charge < -0.3 is 0 Å². The van der Waals surface area contributed by atoms with Crippen molar-refractivity contribution in [3.63, 3.8) is 0 Å². The van der Waals surface area contributed by atoms with Crippen molar-refractivity contribution in [2.24, 2.45) is 5.73 Å². The van der Waals surface area contributed by atoms with Gasteiger partial charge in [0.25, 0.3) is 0 Å². The quantitative estimate of drug-likeness (QED) is 0.344. The maximum atomic E-state index is 5.32. The zero-order valence-electron chi connectivity index (χ0n) is 3.14. The molecule has 0 spiro atoms. The third-order valence-corrected chi connectivity index (χ3v) is 1.89. The van der Waals surface area contributed by atoms with Crippen LogP contribution >= 0.6 is 0 Å². The molecule has 0 bridgehead atoms. The van der Waals surface area contributed by atoms with Crippen LogP contribution in [0.2, 0.25) is 0 Å². The van der Waals surface area contributed by atoms with E-state index in [1.807, 2.05) is 4.92 Å². The van der Waals surface area contributed by atoms with Crippen LogP contribution in [0.25, 0.3) is 0 Å². The molecule has 0 aromatic heterocycles. The maximum absolute atomic E-state index is 5.32. The number of hydrogen-bond acceptors (Lipinski definition) is 3. The Morgan fingerprint density at radius 1 is 1.83 bits per heavy atom. The van der Waals surface area contributed by atoms with Crippen LogP contribution in [0.3, 0.4) is 0 Å². The van der Waals surface area contributed by atoms with Gasteiger partial charge in [-0.3, -0.25) is 0 Å². The van der Waals surface area contributed by atoms with Crippen LogP contribution in [0.1, 0.15) is 0 Å². The first-order valence-electron chi connectivity index (χ1n) is 1.65.